The van der Waals surface area contributed by atoms with E-state index in [0.29, 0.717) is 24.5 Å². The fraction of sp³-hybridized carbons (Fsp3) is 0.182. The van der Waals surface area contributed by atoms with Crippen molar-refractivity contribution in [2.75, 3.05) is 31.1 Å². The Morgan fingerprint density at radius 3 is 2.31 bits per heavy atom. The van der Waals surface area contributed by atoms with Gasteiger partial charge in [-0.2, -0.15) is 0 Å². The van der Waals surface area contributed by atoms with Crippen LogP contribution in [-0.2, 0) is 0 Å². The number of hydrogen-bond acceptors (Lipinski definition) is 5. The predicted octanol–water partition coefficient (Wildman–Crippen LogP) is 2.78. The first kappa shape index (κ1) is 17.4. The maximum atomic E-state index is 12.9. The quantitative estimate of drug-likeness (QED) is 0.543. The van der Waals surface area contributed by atoms with Gasteiger partial charge in [-0.15, -0.1) is 10.2 Å². The number of carbonyl (C=O) groups is 1. The third-order valence-corrected chi connectivity index (χ3v) is 5.34. The largest absolute Gasteiger partial charge is 0.368 e. The molecule has 0 atom stereocenters. The maximum absolute atomic E-state index is 12.9. The van der Waals surface area contributed by atoms with E-state index in [9.17, 15) is 4.79 Å². The molecule has 1 aliphatic rings. The van der Waals surface area contributed by atoms with Gasteiger partial charge in [-0.3, -0.25) is 9.36 Å². The molecule has 0 N–H and O–H groups in total. The number of carbonyl (C=O) groups excluding carboxylic acids is 1. The first-order valence-electron chi connectivity index (χ1n) is 9.62. The van der Waals surface area contributed by atoms with Gasteiger partial charge in [0, 0.05) is 38.1 Å². The van der Waals surface area contributed by atoms with Crippen molar-refractivity contribution in [2.24, 2.45) is 0 Å². The molecule has 3 heterocycles. The molecule has 1 fully saturated rings. The van der Waals surface area contributed by atoms with Gasteiger partial charge in [-0.05, 0) is 35.0 Å². The number of rotatable bonds is 3. The Morgan fingerprint density at radius 2 is 1.59 bits per heavy atom. The Bertz CT molecular complexity index is 1130. The lowest BCUT2D eigenvalue weighted by atomic mass is 10.1. The Morgan fingerprint density at radius 1 is 0.828 bits per heavy atom. The number of fused-ring (bicyclic) bond motifs is 1. The van der Waals surface area contributed by atoms with E-state index < -0.39 is 0 Å². The zero-order valence-corrected chi connectivity index (χ0v) is 15.8. The lowest BCUT2D eigenvalue weighted by molar-refractivity contribution is 0.0746. The van der Waals surface area contributed by atoms with Crippen molar-refractivity contribution < 1.29 is 4.79 Å². The Labute approximate surface area is 168 Å². The fourth-order valence-electron chi connectivity index (χ4n) is 3.71. The van der Waals surface area contributed by atoms with Crippen LogP contribution < -0.4 is 4.90 Å². The molecule has 0 bridgehead atoms. The first-order chi connectivity index (χ1) is 14.3. The molecular formula is C22H20N6O. The van der Waals surface area contributed by atoms with Crippen LogP contribution in [-0.4, -0.2) is 56.7 Å². The molecule has 2 aromatic carbocycles. The minimum atomic E-state index is 0.0194. The molecule has 1 saturated heterocycles. The average molecular weight is 384 g/mol. The monoisotopic (exact) mass is 384 g/mol. The van der Waals surface area contributed by atoms with Crippen molar-refractivity contribution in [1.29, 1.82) is 0 Å². The smallest absolute Gasteiger partial charge is 0.255 e. The van der Waals surface area contributed by atoms with E-state index in [-0.39, 0.29) is 5.91 Å². The van der Waals surface area contributed by atoms with E-state index in [0.717, 1.165) is 13.1 Å². The molecule has 0 saturated carbocycles. The van der Waals surface area contributed by atoms with E-state index >= 15 is 0 Å². The summed E-state index contributed by atoms with van der Waals surface area (Å²) < 4.78 is 1.70. The summed E-state index contributed by atoms with van der Waals surface area (Å²) in [4.78, 5) is 21.4. The summed E-state index contributed by atoms with van der Waals surface area (Å²) in [7, 11) is 0. The highest BCUT2D eigenvalue weighted by Crippen LogP contribution is 2.23. The number of anilines is 1. The number of amides is 1. The second-order valence-electron chi connectivity index (χ2n) is 7.08. The lowest BCUT2D eigenvalue weighted by Crippen LogP contribution is -2.48. The summed E-state index contributed by atoms with van der Waals surface area (Å²) in [5.74, 6) is 0.707. The Hall–Kier alpha value is -3.74. The second-order valence-corrected chi connectivity index (χ2v) is 7.08. The van der Waals surface area contributed by atoms with Crippen LogP contribution in [0.25, 0.3) is 16.6 Å². The number of benzene rings is 2. The normalized spacial score (nSPS) is 14.3. The van der Waals surface area contributed by atoms with Gasteiger partial charge in [0.05, 0.1) is 5.56 Å². The number of piperazine rings is 1. The molecule has 1 amide bonds. The van der Waals surface area contributed by atoms with Crippen LogP contribution >= 0.6 is 0 Å². The minimum Gasteiger partial charge on any atom is -0.368 e. The molecule has 2 aromatic heterocycles. The van der Waals surface area contributed by atoms with E-state index in [2.05, 4.69) is 62.5 Å². The molecule has 144 valence electrons. The molecule has 0 spiro atoms. The third-order valence-electron chi connectivity index (χ3n) is 5.34. The topological polar surface area (TPSA) is 67.2 Å². The highest BCUT2D eigenvalue weighted by molar-refractivity contribution is 5.94. The first-order valence-corrected chi connectivity index (χ1v) is 9.62. The number of aromatic nitrogens is 4. The molecule has 7 heteroatoms. The van der Waals surface area contributed by atoms with Crippen molar-refractivity contribution in [3.8, 4) is 5.82 Å². The van der Waals surface area contributed by atoms with Gasteiger partial charge >= 0.3 is 0 Å². The van der Waals surface area contributed by atoms with Gasteiger partial charge in [0.2, 0.25) is 0 Å². The molecule has 0 radical (unpaired) electrons. The third kappa shape index (κ3) is 3.42. The number of hydrogen-bond donors (Lipinski definition) is 0. The second kappa shape index (κ2) is 7.35. The van der Waals surface area contributed by atoms with E-state index in [1.54, 1.807) is 29.5 Å². The number of nitrogens with zero attached hydrogens (tertiary/aromatic N) is 6. The average Bonchev–Trinajstić information content (AvgIpc) is 3.33. The van der Waals surface area contributed by atoms with E-state index in [4.69, 9.17) is 0 Å². The summed E-state index contributed by atoms with van der Waals surface area (Å²) in [6.07, 6.45) is 4.78. The van der Waals surface area contributed by atoms with Crippen molar-refractivity contribution >= 4 is 22.4 Å². The summed E-state index contributed by atoms with van der Waals surface area (Å²) in [5, 5.41) is 10.0. The standard InChI is InChI=1S/C22H20N6O/c29-22(19-6-8-21(23-14-19)28-15-24-25-16-28)27-11-9-26(10-12-27)20-7-5-17-3-1-2-4-18(17)13-20/h1-8,13-16H,9-12H2. The maximum Gasteiger partial charge on any atom is 0.255 e. The van der Waals surface area contributed by atoms with E-state index in [1.165, 1.54) is 16.5 Å². The van der Waals surface area contributed by atoms with Crippen molar-refractivity contribution in [3.63, 3.8) is 0 Å². The predicted molar refractivity (Wildman–Crippen MR) is 111 cm³/mol. The molecular weight excluding hydrogens is 364 g/mol. The van der Waals surface area contributed by atoms with Gasteiger partial charge < -0.3 is 9.80 Å². The summed E-state index contributed by atoms with van der Waals surface area (Å²) >= 11 is 0. The van der Waals surface area contributed by atoms with Crippen LogP contribution in [0.5, 0.6) is 0 Å². The van der Waals surface area contributed by atoms with E-state index in [1.807, 2.05) is 11.0 Å². The summed E-state index contributed by atoms with van der Waals surface area (Å²) in [5.41, 5.74) is 1.80. The van der Waals surface area contributed by atoms with Crippen LogP contribution in [0.4, 0.5) is 5.69 Å². The molecule has 5 rings (SSSR count). The van der Waals surface area contributed by atoms with Gasteiger partial charge in [-0.1, -0.05) is 30.3 Å². The van der Waals surface area contributed by atoms with Gasteiger partial charge in [0.15, 0.2) is 0 Å². The molecule has 1 aliphatic heterocycles. The zero-order valence-electron chi connectivity index (χ0n) is 15.8. The van der Waals surface area contributed by atoms with Crippen molar-refractivity contribution in [2.45, 2.75) is 0 Å². The van der Waals surface area contributed by atoms with Gasteiger partial charge in [0.1, 0.15) is 18.5 Å². The number of pyridine rings is 1. The van der Waals surface area contributed by atoms with Crippen LogP contribution in [0.15, 0.2) is 73.4 Å². The minimum absolute atomic E-state index is 0.0194. The van der Waals surface area contributed by atoms with Crippen LogP contribution in [0.3, 0.4) is 0 Å². The highest BCUT2D eigenvalue weighted by Gasteiger charge is 2.22. The van der Waals surface area contributed by atoms with Crippen LogP contribution in [0, 0.1) is 0 Å². The van der Waals surface area contributed by atoms with Gasteiger partial charge in [0.25, 0.3) is 5.91 Å². The molecule has 4 aromatic rings. The molecule has 29 heavy (non-hydrogen) atoms. The van der Waals surface area contributed by atoms with Gasteiger partial charge in [-0.25, -0.2) is 4.98 Å². The Balaban J connectivity index is 1.25. The van der Waals surface area contributed by atoms with Crippen molar-refractivity contribution in [1.82, 2.24) is 24.6 Å². The van der Waals surface area contributed by atoms with Crippen molar-refractivity contribution in [3.05, 3.63) is 79.0 Å². The van der Waals surface area contributed by atoms with Crippen LogP contribution in [0.2, 0.25) is 0 Å². The SMILES string of the molecule is O=C(c1ccc(-n2cnnc2)nc1)N1CCN(c2ccc3ccccc3c2)CC1. The van der Waals surface area contributed by atoms with Crippen LogP contribution in [0.1, 0.15) is 10.4 Å². The molecule has 0 unspecified atom stereocenters. The Kier molecular flexibility index (Phi) is 4.40. The highest BCUT2D eigenvalue weighted by atomic mass is 16.2. The zero-order chi connectivity index (χ0) is 19.6. The summed E-state index contributed by atoms with van der Waals surface area (Å²) in [6, 6.07) is 18.5. The molecule has 7 nitrogen and oxygen atoms in total. The lowest BCUT2D eigenvalue weighted by Gasteiger charge is -2.36. The fourth-order valence-corrected chi connectivity index (χ4v) is 3.71. The molecule has 0 aliphatic carbocycles. The summed E-state index contributed by atoms with van der Waals surface area (Å²) in [6.45, 7) is 3.02.